The minimum Gasteiger partial charge on any atom is -0.331 e. The van der Waals surface area contributed by atoms with E-state index in [4.69, 9.17) is 23.2 Å². The molecule has 1 atom stereocenters. The van der Waals surface area contributed by atoms with Crippen LogP contribution in [0.3, 0.4) is 0 Å². The highest BCUT2D eigenvalue weighted by atomic mass is 35.5. The Labute approximate surface area is 137 Å². The summed E-state index contributed by atoms with van der Waals surface area (Å²) in [4.78, 5) is 20.0. The number of thiophene rings is 1. The molecule has 0 spiro atoms. The fraction of sp³-hybridized carbons (Fsp3) is 0.333. The normalized spacial score (nSPS) is 17.7. The lowest BCUT2D eigenvalue weighted by Gasteiger charge is -2.35. The molecule has 0 saturated carbocycles. The lowest BCUT2D eigenvalue weighted by atomic mass is 9.97. The molecule has 0 bridgehead atoms. The zero-order chi connectivity index (χ0) is 15.0. The molecule has 0 N–H and O–H groups in total. The third-order valence-electron chi connectivity index (χ3n) is 3.79. The van der Waals surface area contributed by atoms with Crippen molar-refractivity contribution in [2.75, 3.05) is 6.54 Å². The molecule has 0 aliphatic carbocycles. The zero-order valence-electron chi connectivity index (χ0n) is 11.5. The number of rotatable bonds is 2. The highest BCUT2D eigenvalue weighted by Gasteiger charge is 2.31. The Hall–Kier alpha value is -1.10. The van der Waals surface area contributed by atoms with E-state index in [2.05, 4.69) is 23.4 Å². The molecule has 1 aliphatic heterocycles. The number of hydrogen-bond acceptors (Lipinski definition) is 3. The second kappa shape index (κ2) is 5.95. The van der Waals surface area contributed by atoms with E-state index in [0.717, 1.165) is 12.8 Å². The molecule has 0 fully saturated rings. The van der Waals surface area contributed by atoms with Gasteiger partial charge in [0.2, 0.25) is 0 Å². The van der Waals surface area contributed by atoms with E-state index in [1.807, 2.05) is 4.90 Å². The predicted octanol–water partition coefficient (Wildman–Crippen LogP) is 4.60. The minimum atomic E-state index is -0.0759. The number of fused-ring (bicyclic) bond motifs is 1. The maximum Gasteiger partial charge on any atom is 0.256 e. The number of nitrogens with zero attached hydrogens (tertiary/aromatic N) is 2. The van der Waals surface area contributed by atoms with Crippen molar-refractivity contribution in [3.63, 3.8) is 0 Å². The first-order valence-electron chi connectivity index (χ1n) is 6.80. The van der Waals surface area contributed by atoms with Gasteiger partial charge in [-0.1, -0.05) is 30.1 Å². The van der Waals surface area contributed by atoms with E-state index < -0.39 is 0 Å². The van der Waals surface area contributed by atoms with Crippen LogP contribution < -0.4 is 0 Å². The molecule has 0 radical (unpaired) electrons. The van der Waals surface area contributed by atoms with Gasteiger partial charge in [-0.25, -0.2) is 4.98 Å². The van der Waals surface area contributed by atoms with Crippen molar-refractivity contribution >= 4 is 40.4 Å². The molecule has 0 saturated heterocycles. The number of hydrogen-bond donors (Lipinski definition) is 0. The quantitative estimate of drug-likeness (QED) is 0.748. The second-order valence-electron chi connectivity index (χ2n) is 4.96. The second-order valence-corrected chi connectivity index (χ2v) is 6.75. The first-order chi connectivity index (χ1) is 10.1. The van der Waals surface area contributed by atoms with Crippen LogP contribution in [0, 0.1) is 0 Å². The van der Waals surface area contributed by atoms with E-state index in [9.17, 15) is 4.79 Å². The maximum atomic E-state index is 12.8. The summed E-state index contributed by atoms with van der Waals surface area (Å²) in [7, 11) is 0. The summed E-state index contributed by atoms with van der Waals surface area (Å²) in [6.45, 7) is 2.81. The average molecular weight is 341 g/mol. The maximum absolute atomic E-state index is 12.8. The molecule has 0 aromatic carbocycles. The third kappa shape index (κ3) is 2.68. The Balaban J connectivity index is 1.96. The molecule has 2 aromatic rings. The Kier molecular flexibility index (Phi) is 4.20. The lowest BCUT2D eigenvalue weighted by Crippen LogP contribution is -2.39. The molecule has 21 heavy (non-hydrogen) atoms. The summed E-state index contributed by atoms with van der Waals surface area (Å²) in [5.41, 5.74) is 1.69. The van der Waals surface area contributed by atoms with E-state index in [1.165, 1.54) is 16.6 Å². The predicted molar refractivity (Wildman–Crippen MR) is 86.3 cm³/mol. The molecule has 6 heteroatoms. The minimum absolute atomic E-state index is 0.0759. The van der Waals surface area contributed by atoms with Crippen LogP contribution >= 0.6 is 34.5 Å². The molecule has 110 valence electrons. The van der Waals surface area contributed by atoms with E-state index in [1.54, 1.807) is 17.4 Å². The largest absolute Gasteiger partial charge is 0.331 e. The molecular formula is C15H14Cl2N2OS. The summed E-state index contributed by atoms with van der Waals surface area (Å²) in [5, 5.41) is 2.72. The Bertz CT molecular complexity index is 686. The van der Waals surface area contributed by atoms with Crippen molar-refractivity contribution in [2.24, 2.45) is 0 Å². The van der Waals surface area contributed by atoms with Crippen LogP contribution in [-0.2, 0) is 6.42 Å². The number of carbonyl (C=O) groups excluding carboxylic acids is 1. The molecule has 1 amide bonds. The van der Waals surface area contributed by atoms with Gasteiger partial charge in [-0.15, -0.1) is 11.3 Å². The summed E-state index contributed by atoms with van der Waals surface area (Å²) >= 11 is 13.8. The van der Waals surface area contributed by atoms with Crippen LogP contribution in [0.2, 0.25) is 10.2 Å². The first-order valence-corrected chi connectivity index (χ1v) is 8.43. The van der Waals surface area contributed by atoms with Crippen molar-refractivity contribution in [3.8, 4) is 0 Å². The SMILES string of the molecule is CCC1c2ccsc2CCN1C(=O)c1cc(Cl)ncc1Cl. The summed E-state index contributed by atoms with van der Waals surface area (Å²) < 4.78 is 0. The van der Waals surface area contributed by atoms with Gasteiger partial charge in [0.05, 0.1) is 16.6 Å². The van der Waals surface area contributed by atoms with Gasteiger partial charge in [0.1, 0.15) is 5.15 Å². The van der Waals surface area contributed by atoms with Crippen molar-refractivity contribution in [1.82, 2.24) is 9.88 Å². The van der Waals surface area contributed by atoms with Crippen LogP contribution in [0.4, 0.5) is 0 Å². The van der Waals surface area contributed by atoms with Gasteiger partial charge in [0.25, 0.3) is 5.91 Å². The van der Waals surface area contributed by atoms with E-state index in [-0.39, 0.29) is 17.1 Å². The number of aromatic nitrogens is 1. The number of pyridine rings is 1. The average Bonchev–Trinajstić information content (AvgIpc) is 2.96. The Morgan fingerprint density at radius 3 is 3.10 bits per heavy atom. The van der Waals surface area contributed by atoms with Crippen molar-refractivity contribution in [1.29, 1.82) is 0 Å². The van der Waals surface area contributed by atoms with Gasteiger partial charge in [0.15, 0.2) is 0 Å². The van der Waals surface area contributed by atoms with Crippen molar-refractivity contribution in [2.45, 2.75) is 25.8 Å². The van der Waals surface area contributed by atoms with Crippen LogP contribution in [0.15, 0.2) is 23.7 Å². The van der Waals surface area contributed by atoms with E-state index in [0.29, 0.717) is 17.1 Å². The van der Waals surface area contributed by atoms with Crippen molar-refractivity contribution < 1.29 is 4.79 Å². The van der Waals surface area contributed by atoms with Crippen LogP contribution in [0.1, 0.15) is 40.2 Å². The Morgan fingerprint density at radius 2 is 2.33 bits per heavy atom. The number of carbonyl (C=O) groups is 1. The molecule has 1 aliphatic rings. The van der Waals surface area contributed by atoms with Gasteiger partial charge in [-0.2, -0.15) is 0 Å². The van der Waals surface area contributed by atoms with Crippen molar-refractivity contribution in [3.05, 3.63) is 49.9 Å². The number of amides is 1. The van der Waals surface area contributed by atoms with Gasteiger partial charge in [0, 0.05) is 17.6 Å². The topological polar surface area (TPSA) is 33.2 Å². The van der Waals surface area contributed by atoms with Gasteiger partial charge in [-0.3, -0.25) is 4.79 Å². The molecule has 2 aromatic heterocycles. The lowest BCUT2D eigenvalue weighted by molar-refractivity contribution is 0.0657. The highest BCUT2D eigenvalue weighted by molar-refractivity contribution is 7.10. The summed E-state index contributed by atoms with van der Waals surface area (Å²) in [6, 6.07) is 3.77. The van der Waals surface area contributed by atoms with Gasteiger partial charge in [-0.05, 0) is 35.9 Å². The number of halogens is 2. The van der Waals surface area contributed by atoms with Gasteiger partial charge >= 0.3 is 0 Å². The van der Waals surface area contributed by atoms with Crippen LogP contribution in [0.5, 0.6) is 0 Å². The molecule has 3 heterocycles. The summed E-state index contributed by atoms with van der Waals surface area (Å²) in [6.07, 6.45) is 3.20. The highest BCUT2D eigenvalue weighted by Crippen LogP contribution is 2.36. The fourth-order valence-electron chi connectivity index (χ4n) is 2.81. The van der Waals surface area contributed by atoms with E-state index >= 15 is 0 Å². The molecule has 3 rings (SSSR count). The molecule has 1 unspecified atom stereocenters. The zero-order valence-corrected chi connectivity index (χ0v) is 13.8. The van der Waals surface area contributed by atoms with Crippen LogP contribution in [-0.4, -0.2) is 22.3 Å². The summed E-state index contributed by atoms with van der Waals surface area (Å²) in [5.74, 6) is -0.0759. The Morgan fingerprint density at radius 1 is 1.52 bits per heavy atom. The van der Waals surface area contributed by atoms with Gasteiger partial charge < -0.3 is 4.90 Å². The smallest absolute Gasteiger partial charge is 0.256 e. The monoisotopic (exact) mass is 340 g/mol. The van der Waals surface area contributed by atoms with Crippen LogP contribution in [0.25, 0.3) is 0 Å². The first kappa shape index (κ1) is 14.8. The standard InChI is InChI=1S/C15H14Cl2N2OS/c1-2-12-9-4-6-21-13(9)3-5-19(12)15(20)10-7-14(17)18-8-11(10)16/h4,6-8,12H,2-3,5H2,1H3. The molecule has 3 nitrogen and oxygen atoms in total. The molecular weight excluding hydrogens is 327 g/mol. The fourth-order valence-corrected chi connectivity index (χ4v) is 4.08. The third-order valence-corrected chi connectivity index (χ3v) is 5.30.